The first kappa shape index (κ1) is 14.7. The highest BCUT2D eigenvalue weighted by Gasteiger charge is 3.38. The first-order chi connectivity index (χ1) is 9.19. The molecule has 0 aromatic carbocycles. The Morgan fingerprint density at radius 2 is 0.905 bits per heavy atom. The lowest BCUT2D eigenvalue weighted by Crippen LogP contribution is -3.26. The van der Waals surface area contributed by atoms with Gasteiger partial charge in [0.2, 0.25) is 5.79 Å². The maximum atomic E-state index is 11.9. The van der Waals surface area contributed by atoms with E-state index in [1.165, 1.54) is 0 Å². The topological polar surface area (TPSA) is 77.8 Å². The van der Waals surface area contributed by atoms with Gasteiger partial charge in [0, 0.05) is 0 Å². The van der Waals surface area contributed by atoms with Crippen molar-refractivity contribution in [1.82, 2.24) is 0 Å². The molecule has 6 saturated carbocycles. The number of aliphatic carboxylic acids is 1. The van der Waals surface area contributed by atoms with Crippen LogP contribution in [0.2, 0.25) is 0 Å². The number of aliphatic hydroxyl groups is 2. The number of carbonyl (C=O) groups is 1. The standard InChI is InChI=1S/C10H3Cl7O4/c11-3-2(1(18)19)4(12)6(3,14)9(17)7(3,15)5(2,13)8(4,16)10(9,20)21/h20-21H,(H,18,19)/t2?,3?,4-,5+,6+,7-,8?,9?. The summed E-state index contributed by atoms with van der Waals surface area (Å²) in [6, 6.07) is 0. The summed E-state index contributed by atoms with van der Waals surface area (Å²) in [5.74, 6) is -4.35. The molecule has 0 aliphatic heterocycles. The molecule has 11 heteroatoms. The van der Waals surface area contributed by atoms with Crippen molar-refractivity contribution in [3.05, 3.63) is 0 Å². The van der Waals surface area contributed by atoms with Gasteiger partial charge in [-0.15, -0.1) is 81.2 Å². The summed E-state index contributed by atoms with van der Waals surface area (Å²) in [4.78, 5) is -2.37. The smallest absolute Gasteiger partial charge is 0.315 e. The van der Waals surface area contributed by atoms with Gasteiger partial charge in [-0.2, -0.15) is 0 Å². The Bertz CT molecular complexity index is 692. The summed E-state index contributed by atoms with van der Waals surface area (Å²) >= 11 is 44.8. The third kappa shape index (κ3) is 0.522. The third-order valence-electron chi connectivity index (χ3n) is 6.63. The van der Waals surface area contributed by atoms with E-state index < -0.39 is 51.3 Å². The fourth-order valence-electron chi connectivity index (χ4n) is 6.26. The highest BCUT2D eigenvalue weighted by molar-refractivity contribution is 6.72. The molecular formula is C10H3Cl7O4. The third-order valence-corrected chi connectivity index (χ3v) is 13.3. The highest BCUT2D eigenvalue weighted by Crippen LogP contribution is 3.17. The molecule has 6 aliphatic rings. The number of carboxylic acid groups (broad SMARTS) is 1. The van der Waals surface area contributed by atoms with Gasteiger partial charge in [0.15, 0.2) is 0 Å². The summed E-state index contributed by atoms with van der Waals surface area (Å²) in [6.45, 7) is 0. The highest BCUT2D eigenvalue weighted by atomic mass is 35.5. The minimum atomic E-state index is -2.90. The van der Waals surface area contributed by atoms with E-state index in [4.69, 9.17) is 81.2 Å². The zero-order valence-electron chi connectivity index (χ0n) is 9.40. The molecule has 6 rings (SSSR count). The van der Waals surface area contributed by atoms with Crippen LogP contribution in [-0.2, 0) is 4.79 Å². The maximum Gasteiger partial charge on any atom is 0.315 e. The van der Waals surface area contributed by atoms with Gasteiger partial charge in [-0.3, -0.25) is 4.79 Å². The Morgan fingerprint density at radius 3 is 1.24 bits per heavy atom. The fourth-order valence-corrected chi connectivity index (χ4v) is 12.9. The van der Waals surface area contributed by atoms with Crippen LogP contribution in [0.3, 0.4) is 0 Å². The van der Waals surface area contributed by atoms with Crippen LogP contribution in [0.1, 0.15) is 0 Å². The summed E-state index contributed by atoms with van der Waals surface area (Å²) < 4.78 is 0. The molecule has 4 nitrogen and oxygen atoms in total. The van der Waals surface area contributed by atoms with Crippen LogP contribution in [0.15, 0.2) is 0 Å². The van der Waals surface area contributed by atoms with Crippen molar-refractivity contribution >= 4 is 87.2 Å². The Hall–Kier alpha value is 1.42. The molecule has 0 radical (unpaired) electrons. The van der Waals surface area contributed by atoms with E-state index >= 15 is 0 Å². The molecule has 0 amide bonds. The predicted molar refractivity (Wildman–Crippen MR) is 77.3 cm³/mol. The van der Waals surface area contributed by atoms with Crippen molar-refractivity contribution in [3.63, 3.8) is 0 Å². The first-order valence-corrected chi connectivity index (χ1v) is 8.34. The largest absolute Gasteiger partial charge is 0.481 e. The summed E-state index contributed by atoms with van der Waals surface area (Å²) in [5, 5.41) is 30.6. The quantitative estimate of drug-likeness (QED) is 0.433. The van der Waals surface area contributed by atoms with Gasteiger partial charge >= 0.3 is 5.97 Å². The monoisotopic (exact) mass is 432 g/mol. The molecule has 0 saturated heterocycles. The van der Waals surface area contributed by atoms with Crippen molar-refractivity contribution in [1.29, 1.82) is 0 Å². The first-order valence-electron chi connectivity index (χ1n) is 5.70. The van der Waals surface area contributed by atoms with Gasteiger partial charge in [-0.05, 0) is 0 Å². The van der Waals surface area contributed by atoms with Crippen molar-refractivity contribution in [2.75, 3.05) is 0 Å². The van der Waals surface area contributed by atoms with Crippen LogP contribution in [0, 0.1) is 5.41 Å². The number of alkyl halides is 7. The van der Waals surface area contributed by atoms with Crippen LogP contribution >= 0.6 is 81.2 Å². The molecule has 4 unspecified atom stereocenters. The molecule has 0 spiro atoms. The van der Waals surface area contributed by atoms with Gasteiger partial charge in [0.1, 0.15) is 39.5 Å². The SMILES string of the molecule is O=C(O)C12C3(Cl)[C@@]4(Cl)C5(Cl)C(O)(O)C(Cl)([C@@]14Cl)[C@@]2(Cl)[C@@]53Cl. The second-order valence-electron chi connectivity index (χ2n) is 6.34. The Kier molecular flexibility index (Phi) is 1.84. The lowest BCUT2D eigenvalue weighted by atomic mass is 9.10. The van der Waals surface area contributed by atoms with Crippen LogP contribution in [0.25, 0.3) is 0 Å². The molecule has 8 atom stereocenters. The molecule has 6 fully saturated rings. The Labute approximate surface area is 152 Å². The van der Waals surface area contributed by atoms with Crippen molar-refractivity contribution in [3.8, 4) is 0 Å². The number of hydrogen-bond acceptors (Lipinski definition) is 3. The number of halogens is 7. The number of rotatable bonds is 1. The molecule has 6 aliphatic carbocycles. The van der Waals surface area contributed by atoms with Crippen molar-refractivity contribution < 1.29 is 20.1 Å². The van der Waals surface area contributed by atoms with Gasteiger partial charge in [0.25, 0.3) is 0 Å². The average molecular weight is 435 g/mol. The maximum absolute atomic E-state index is 11.9. The molecule has 0 heterocycles. The number of hydrogen-bond donors (Lipinski definition) is 3. The van der Waals surface area contributed by atoms with Crippen LogP contribution in [0.5, 0.6) is 0 Å². The van der Waals surface area contributed by atoms with E-state index in [1.54, 1.807) is 0 Å². The molecule has 21 heavy (non-hydrogen) atoms. The molecular weight excluding hydrogens is 432 g/mol. The Balaban J connectivity index is 2.01. The second-order valence-corrected chi connectivity index (χ2v) is 10.3. The lowest BCUT2D eigenvalue weighted by molar-refractivity contribution is -0.332. The van der Waals surface area contributed by atoms with Crippen LogP contribution < -0.4 is 0 Å². The van der Waals surface area contributed by atoms with E-state index in [9.17, 15) is 20.1 Å². The van der Waals surface area contributed by atoms with E-state index in [2.05, 4.69) is 0 Å². The normalized spacial score (nSPS) is 80.0. The van der Waals surface area contributed by atoms with E-state index in [0.29, 0.717) is 0 Å². The molecule has 0 aromatic rings. The van der Waals surface area contributed by atoms with Gasteiger partial charge < -0.3 is 15.3 Å². The lowest BCUT2D eigenvalue weighted by Gasteiger charge is -3.03. The van der Waals surface area contributed by atoms with E-state index in [0.717, 1.165) is 0 Å². The molecule has 2 bridgehead atoms. The summed E-state index contributed by atoms with van der Waals surface area (Å²) in [5.41, 5.74) is -2.01. The zero-order valence-corrected chi connectivity index (χ0v) is 14.7. The average Bonchev–Trinajstić information content (AvgIpc) is 2.44. The van der Waals surface area contributed by atoms with Gasteiger partial charge in [-0.1, -0.05) is 0 Å². The van der Waals surface area contributed by atoms with Crippen molar-refractivity contribution in [2.45, 2.75) is 39.9 Å². The minimum Gasteiger partial charge on any atom is -0.481 e. The van der Waals surface area contributed by atoms with Crippen LogP contribution in [0.4, 0.5) is 0 Å². The van der Waals surface area contributed by atoms with Crippen LogP contribution in [-0.4, -0.2) is 61.2 Å². The van der Waals surface area contributed by atoms with E-state index in [-0.39, 0.29) is 0 Å². The predicted octanol–water partition coefficient (Wildman–Crippen LogP) is 1.65. The fraction of sp³-hybridized carbons (Fsp3) is 0.900. The number of carboxylic acids is 1. The molecule has 3 N–H and O–H groups in total. The molecule has 0 aromatic heterocycles. The molecule has 116 valence electrons. The second kappa shape index (κ2) is 2.62. The summed E-state index contributed by atoms with van der Waals surface area (Å²) in [7, 11) is 0. The van der Waals surface area contributed by atoms with Crippen molar-refractivity contribution in [2.24, 2.45) is 5.41 Å². The Morgan fingerprint density at radius 1 is 0.619 bits per heavy atom. The minimum absolute atomic E-state index is 1.46. The zero-order chi connectivity index (χ0) is 16.1. The van der Waals surface area contributed by atoms with E-state index in [1.807, 2.05) is 0 Å². The summed E-state index contributed by atoms with van der Waals surface area (Å²) in [6.07, 6.45) is 0. The van der Waals surface area contributed by atoms with Gasteiger partial charge in [0.05, 0.1) is 0 Å². The van der Waals surface area contributed by atoms with Gasteiger partial charge in [-0.25, -0.2) is 0 Å².